The van der Waals surface area contributed by atoms with E-state index in [1.807, 2.05) is 0 Å². The van der Waals surface area contributed by atoms with Crippen LogP contribution in [0.2, 0.25) is 0 Å². The van der Waals surface area contributed by atoms with Crippen molar-refractivity contribution in [3.63, 3.8) is 0 Å². The van der Waals surface area contributed by atoms with Gasteiger partial charge >= 0.3 is 5.97 Å². The van der Waals surface area contributed by atoms with Crippen molar-refractivity contribution in [2.24, 2.45) is 0 Å². The normalized spacial score (nSPS) is 9.00. The van der Waals surface area contributed by atoms with Crippen LogP contribution in [-0.4, -0.2) is 22.7 Å². The molecule has 0 atom stereocenters. The molecule has 0 aliphatic rings. The molecule has 0 bridgehead atoms. The molecule has 0 spiro atoms. The predicted molar refractivity (Wildman–Crippen MR) is 31.2 cm³/mol. The summed E-state index contributed by atoms with van der Waals surface area (Å²) in [7, 11) is 1.31. The number of carbonyl (C=O) groups is 1. The molecular weight excluding hydrogens is 140 g/mol. The zero-order valence-electron chi connectivity index (χ0n) is 4.70. The fourth-order valence-corrected chi connectivity index (χ4v) is 0.784. The molecule has 1 heterocycles. The molecule has 1 rings (SSSR count). The number of methoxy groups -OCH3 is 1. The molecule has 0 amide bonds. The molecule has 5 heteroatoms. The van der Waals surface area contributed by atoms with E-state index in [4.69, 9.17) is 0 Å². The van der Waals surface area contributed by atoms with Gasteiger partial charge in [0.15, 0.2) is 5.69 Å². The molecule has 0 aliphatic heterocycles. The highest BCUT2D eigenvalue weighted by molar-refractivity contribution is 7.03. The molecule has 0 aromatic carbocycles. The van der Waals surface area contributed by atoms with Gasteiger partial charge in [0.2, 0.25) is 0 Å². The summed E-state index contributed by atoms with van der Waals surface area (Å²) in [5, 5.41) is 5.01. The van der Waals surface area contributed by atoms with Crippen LogP contribution in [0, 0.1) is 0 Å². The lowest BCUT2D eigenvalue weighted by Crippen LogP contribution is -2.00. The van der Waals surface area contributed by atoms with Gasteiger partial charge in [-0.25, -0.2) is 4.79 Å². The van der Waals surface area contributed by atoms with Crippen LogP contribution in [0.4, 0.5) is 0 Å². The molecule has 0 fully saturated rings. The van der Waals surface area contributed by atoms with E-state index in [9.17, 15) is 4.79 Å². The molecular formula is C4H4N2O2S. The highest BCUT2D eigenvalue weighted by Crippen LogP contribution is 1.97. The number of rotatable bonds is 1. The molecule has 0 saturated heterocycles. The first kappa shape index (κ1) is 6.15. The monoisotopic (exact) mass is 144 g/mol. The molecule has 1 aromatic rings. The quantitative estimate of drug-likeness (QED) is 0.533. The smallest absolute Gasteiger partial charge is 0.359 e. The van der Waals surface area contributed by atoms with Crippen LogP contribution in [0.1, 0.15) is 10.5 Å². The van der Waals surface area contributed by atoms with Gasteiger partial charge in [0.25, 0.3) is 0 Å². The Hall–Kier alpha value is -0.970. The average Bonchev–Trinajstić information content (AvgIpc) is 2.37. The Bertz CT molecular complexity index is 196. The summed E-state index contributed by atoms with van der Waals surface area (Å²) in [6, 6.07) is 0. The molecule has 0 unspecified atom stereocenters. The van der Waals surface area contributed by atoms with Gasteiger partial charge < -0.3 is 4.74 Å². The van der Waals surface area contributed by atoms with Crippen molar-refractivity contribution < 1.29 is 9.53 Å². The van der Waals surface area contributed by atoms with Gasteiger partial charge in [-0.2, -0.15) is 0 Å². The van der Waals surface area contributed by atoms with E-state index in [1.54, 1.807) is 0 Å². The molecule has 9 heavy (non-hydrogen) atoms. The Morgan fingerprint density at radius 1 is 1.89 bits per heavy atom. The highest BCUT2D eigenvalue weighted by atomic mass is 32.1. The van der Waals surface area contributed by atoms with Crippen LogP contribution in [0.5, 0.6) is 0 Å². The SMILES string of the molecule is COC(=O)c1csnn1. The number of ether oxygens (including phenoxy) is 1. The van der Waals surface area contributed by atoms with Crippen molar-refractivity contribution in [2.75, 3.05) is 7.11 Å². The van der Waals surface area contributed by atoms with Crippen molar-refractivity contribution in [1.29, 1.82) is 0 Å². The van der Waals surface area contributed by atoms with Gasteiger partial charge in [0.1, 0.15) is 0 Å². The Morgan fingerprint density at radius 3 is 3.11 bits per heavy atom. The largest absolute Gasteiger partial charge is 0.464 e. The zero-order valence-corrected chi connectivity index (χ0v) is 5.51. The van der Waals surface area contributed by atoms with Crippen molar-refractivity contribution in [2.45, 2.75) is 0 Å². The lowest BCUT2D eigenvalue weighted by atomic mass is 10.5. The van der Waals surface area contributed by atoms with Crippen LogP contribution in [0.25, 0.3) is 0 Å². The fraction of sp³-hybridized carbons (Fsp3) is 0.250. The van der Waals surface area contributed by atoms with Crippen LogP contribution in [-0.2, 0) is 4.74 Å². The standard InChI is InChI=1S/C4H4N2O2S/c1-8-4(7)3-2-9-6-5-3/h2H,1H3. The van der Waals surface area contributed by atoms with Crippen molar-refractivity contribution in [3.8, 4) is 0 Å². The molecule has 4 nitrogen and oxygen atoms in total. The molecule has 1 aromatic heterocycles. The van der Waals surface area contributed by atoms with Crippen LogP contribution in [0.3, 0.4) is 0 Å². The van der Waals surface area contributed by atoms with E-state index in [-0.39, 0.29) is 5.69 Å². The first-order valence-corrected chi connectivity index (χ1v) is 3.03. The van der Waals surface area contributed by atoms with Crippen molar-refractivity contribution >= 4 is 17.5 Å². The average molecular weight is 144 g/mol. The summed E-state index contributed by atoms with van der Waals surface area (Å²) in [5.41, 5.74) is 0.266. The van der Waals surface area contributed by atoms with Gasteiger partial charge in [-0.1, -0.05) is 4.49 Å². The maximum Gasteiger partial charge on any atom is 0.359 e. The second kappa shape index (κ2) is 2.54. The van der Waals surface area contributed by atoms with Crippen molar-refractivity contribution in [1.82, 2.24) is 9.59 Å². The highest BCUT2D eigenvalue weighted by Gasteiger charge is 2.06. The van der Waals surface area contributed by atoms with E-state index in [0.29, 0.717) is 0 Å². The van der Waals surface area contributed by atoms with Crippen molar-refractivity contribution in [3.05, 3.63) is 11.1 Å². The minimum Gasteiger partial charge on any atom is -0.464 e. The van der Waals surface area contributed by atoms with Gasteiger partial charge in [-0.3, -0.25) is 0 Å². The van der Waals surface area contributed by atoms with Crippen LogP contribution < -0.4 is 0 Å². The molecule has 0 aliphatic carbocycles. The van der Waals surface area contributed by atoms with Gasteiger partial charge in [-0.05, 0) is 11.5 Å². The maximum absolute atomic E-state index is 10.6. The summed E-state index contributed by atoms with van der Waals surface area (Å²) in [4.78, 5) is 10.6. The van der Waals surface area contributed by atoms with E-state index in [0.717, 1.165) is 11.5 Å². The Kier molecular flexibility index (Phi) is 1.74. The fourth-order valence-electron chi connectivity index (χ4n) is 0.358. The number of nitrogens with zero attached hydrogens (tertiary/aromatic N) is 2. The topological polar surface area (TPSA) is 52.1 Å². The van der Waals surface area contributed by atoms with Gasteiger partial charge in [0, 0.05) is 5.38 Å². The predicted octanol–water partition coefficient (Wildman–Crippen LogP) is 0.325. The second-order valence-electron chi connectivity index (χ2n) is 1.28. The van der Waals surface area contributed by atoms with Gasteiger partial charge in [-0.15, -0.1) is 5.10 Å². The number of esters is 1. The van der Waals surface area contributed by atoms with E-state index in [1.165, 1.54) is 12.5 Å². The van der Waals surface area contributed by atoms with E-state index < -0.39 is 5.97 Å². The van der Waals surface area contributed by atoms with Crippen LogP contribution >= 0.6 is 11.5 Å². The molecule has 0 radical (unpaired) electrons. The maximum atomic E-state index is 10.6. The third-order valence-corrected chi connectivity index (χ3v) is 1.26. The summed E-state index contributed by atoms with van der Waals surface area (Å²) >= 11 is 1.12. The first-order valence-electron chi connectivity index (χ1n) is 2.20. The molecule has 48 valence electrons. The van der Waals surface area contributed by atoms with E-state index >= 15 is 0 Å². The summed E-state index contributed by atoms with van der Waals surface area (Å²) in [6.45, 7) is 0. The minimum atomic E-state index is -0.441. The second-order valence-corrected chi connectivity index (χ2v) is 1.89. The summed E-state index contributed by atoms with van der Waals surface area (Å²) < 4.78 is 7.84. The summed E-state index contributed by atoms with van der Waals surface area (Å²) in [6.07, 6.45) is 0. The lowest BCUT2D eigenvalue weighted by Gasteiger charge is -1.88. The first-order chi connectivity index (χ1) is 4.34. The number of hydrogen-bond acceptors (Lipinski definition) is 5. The minimum absolute atomic E-state index is 0.266. The zero-order chi connectivity index (χ0) is 6.69. The van der Waals surface area contributed by atoms with Crippen LogP contribution in [0.15, 0.2) is 5.38 Å². The summed E-state index contributed by atoms with van der Waals surface area (Å²) in [5.74, 6) is -0.441. The third kappa shape index (κ3) is 1.23. The Morgan fingerprint density at radius 2 is 2.67 bits per heavy atom. The molecule has 0 N–H and O–H groups in total. The van der Waals surface area contributed by atoms with Gasteiger partial charge in [0.05, 0.1) is 7.11 Å². The molecule has 0 saturated carbocycles. The Labute approximate surface area is 55.6 Å². The third-order valence-electron chi connectivity index (χ3n) is 0.755. The Balaban J connectivity index is 2.77. The number of carbonyl (C=O) groups excluding carboxylic acids is 1. The number of hydrogen-bond donors (Lipinski definition) is 0. The lowest BCUT2D eigenvalue weighted by molar-refractivity contribution is 0.0594. The number of aromatic nitrogens is 2. The van der Waals surface area contributed by atoms with E-state index in [2.05, 4.69) is 14.3 Å².